The summed E-state index contributed by atoms with van der Waals surface area (Å²) < 4.78 is 33.3. The minimum absolute atomic E-state index is 0.131. The van der Waals surface area contributed by atoms with Crippen LogP contribution < -0.4 is 11.1 Å². The highest BCUT2D eigenvalue weighted by molar-refractivity contribution is 5.85. The van der Waals surface area contributed by atoms with Gasteiger partial charge in [0, 0.05) is 51.6 Å². The normalized spacial score (nSPS) is 39.7. The van der Waals surface area contributed by atoms with Gasteiger partial charge in [0.15, 0.2) is 12.1 Å². The molecule has 22 heteroatoms. The number of allylic oxidation sites excluding steroid dienone is 12. The maximum absolute atomic E-state index is 14.4. The molecule has 3 rings (SSSR count). The quantitative estimate of drug-likeness (QED) is 0.0982. The highest BCUT2D eigenvalue weighted by atomic mass is 16.7. The molecule has 424 valence electrons. The largest absolute Gasteiger partial charge is 0.469 e. The molecule has 0 saturated carbocycles. The fourth-order valence-electron chi connectivity index (χ4n) is 8.82. The average Bonchev–Trinajstić information content (AvgIpc) is 3.33. The van der Waals surface area contributed by atoms with Crippen LogP contribution in [0.3, 0.4) is 0 Å². The lowest BCUT2D eigenvalue weighted by Gasteiger charge is -2.46. The first-order chi connectivity index (χ1) is 35.5. The van der Waals surface area contributed by atoms with E-state index in [-0.39, 0.29) is 51.0 Å². The van der Waals surface area contributed by atoms with Gasteiger partial charge in [0.05, 0.1) is 99.7 Å². The van der Waals surface area contributed by atoms with Crippen molar-refractivity contribution in [2.75, 3.05) is 27.4 Å². The van der Waals surface area contributed by atoms with E-state index in [0.29, 0.717) is 6.29 Å². The number of ether oxygens (including phenoxy) is 6. The molecule has 3 aliphatic rings. The zero-order valence-corrected chi connectivity index (χ0v) is 43.2. The van der Waals surface area contributed by atoms with Gasteiger partial charge in [-0.2, -0.15) is 0 Å². The number of methoxy groups -OCH3 is 2. The molecule has 2 saturated heterocycles. The van der Waals surface area contributed by atoms with Crippen molar-refractivity contribution in [3.05, 3.63) is 85.1 Å². The monoisotopic (exact) mass is 1070 g/mol. The molecule has 75 heavy (non-hydrogen) atoms. The third-order valence-electron chi connectivity index (χ3n) is 13.1. The van der Waals surface area contributed by atoms with Crippen molar-refractivity contribution in [1.29, 1.82) is 0 Å². The van der Waals surface area contributed by atoms with E-state index in [0.717, 1.165) is 7.11 Å². The second-order valence-corrected chi connectivity index (χ2v) is 19.6. The van der Waals surface area contributed by atoms with E-state index >= 15 is 0 Å². The Bertz CT molecular complexity index is 1960. The van der Waals surface area contributed by atoms with E-state index < -0.39 is 159 Å². The molecule has 1 amide bonds. The van der Waals surface area contributed by atoms with Gasteiger partial charge in [0.25, 0.3) is 0 Å². The van der Waals surface area contributed by atoms with Crippen molar-refractivity contribution < 1.29 is 98.7 Å². The molecule has 0 aromatic rings. The van der Waals surface area contributed by atoms with Crippen LogP contribution in [-0.2, 0) is 47.6 Å². The zero-order chi connectivity index (χ0) is 55.7. The minimum atomic E-state index is -2.43. The molecule has 0 radical (unpaired) electrons. The maximum Gasteiger partial charge on any atom is 0.308 e. The van der Waals surface area contributed by atoms with Crippen molar-refractivity contribution in [1.82, 2.24) is 5.32 Å². The van der Waals surface area contributed by atoms with E-state index in [1.54, 1.807) is 85.9 Å². The lowest BCUT2D eigenvalue weighted by Crippen LogP contribution is -2.62. The predicted molar refractivity (Wildman–Crippen MR) is 270 cm³/mol. The number of carbonyl (C=O) groups is 4. The second-order valence-electron chi connectivity index (χ2n) is 19.6. The third-order valence-corrected chi connectivity index (χ3v) is 13.1. The maximum atomic E-state index is 14.4. The summed E-state index contributed by atoms with van der Waals surface area (Å²) in [4.78, 5) is 51.7. The molecule has 2 bridgehead atoms. The Morgan fingerprint density at radius 3 is 1.97 bits per heavy atom. The van der Waals surface area contributed by atoms with Crippen LogP contribution in [0.1, 0.15) is 84.5 Å². The summed E-state index contributed by atoms with van der Waals surface area (Å²) in [5.74, 6) is -6.71. The van der Waals surface area contributed by atoms with Crippen LogP contribution in [0.4, 0.5) is 0 Å². The molecule has 3 heterocycles. The molecule has 22 nitrogen and oxygen atoms in total. The average molecular weight is 1070 g/mol. The van der Waals surface area contributed by atoms with Crippen LogP contribution in [0.15, 0.2) is 85.1 Å². The van der Waals surface area contributed by atoms with Crippen molar-refractivity contribution >= 4 is 24.1 Å². The number of aliphatic hydroxyl groups excluding tert-OH is 9. The van der Waals surface area contributed by atoms with Crippen LogP contribution in [0.2, 0.25) is 0 Å². The van der Waals surface area contributed by atoms with E-state index in [9.17, 15) is 70.2 Å². The first-order valence-corrected chi connectivity index (χ1v) is 25.3. The van der Waals surface area contributed by atoms with Gasteiger partial charge in [-0.05, 0) is 32.6 Å². The zero-order valence-electron chi connectivity index (χ0n) is 43.2. The Morgan fingerprint density at radius 2 is 1.37 bits per heavy atom. The van der Waals surface area contributed by atoms with E-state index in [2.05, 4.69) is 5.32 Å². The van der Waals surface area contributed by atoms with Crippen LogP contribution in [0.25, 0.3) is 0 Å². The lowest BCUT2D eigenvalue weighted by atomic mass is 9.81. The van der Waals surface area contributed by atoms with Gasteiger partial charge < -0.3 is 95.3 Å². The molecule has 7 unspecified atom stereocenters. The summed E-state index contributed by atoms with van der Waals surface area (Å²) in [7, 11) is 2.41. The molecule has 0 aromatic carbocycles. The first-order valence-electron chi connectivity index (χ1n) is 25.3. The molecular formula is C53H82N2O20. The predicted octanol–water partition coefficient (Wildman–Crippen LogP) is -0.354. The van der Waals surface area contributed by atoms with Crippen molar-refractivity contribution in [2.45, 2.75) is 181 Å². The summed E-state index contributed by atoms with van der Waals surface area (Å²) in [5, 5.41) is 112. The van der Waals surface area contributed by atoms with Gasteiger partial charge in [0.1, 0.15) is 24.0 Å². The standard InChI is InChI=1S/C53H82N2O20/c1-33-17-15-13-11-9-7-5-6-8-10-12-14-16-18-38(74-51-49(67)48(54)43(64)30-72-51)27-44-47(50(68)55-52(31-56,32-70-3)22-21-45(65)71-4)42(63)29-53(69,75-44)28-37(59)25-41(62)39(60)20-19-35(57)24-36(58)26-46(66)73-34(2)23-40(33)61/h5-18,31,33-44,47-49,51,57-64,67,69H,19-30,32,54H2,1-4H3,(H,55,68)/b6-5+,9-7+,10-8+,13-11+,14-12+,17-15+,18-16+/t33-,34-,35?,36?,37?,38?,39?,40-,41?,42-,43+,44-,47+,48-,49-,51-,52-,53?/m0/s1. The first kappa shape index (κ1) is 64.9. The second kappa shape index (κ2) is 33.1. The van der Waals surface area contributed by atoms with Crippen LogP contribution >= 0.6 is 0 Å². The Kier molecular flexibility index (Phi) is 28.6. The summed E-state index contributed by atoms with van der Waals surface area (Å²) in [5.41, 5.74) is 4.22. The van der Waals surface area contributed by atoms with Crippen molar-refractivity contribution in [2.24, 2.45) is 17.6 Å². The van der Waals surface area contributed by atoms with Crippen molar-refractivity contribution in [3.8, 4) is 0 Å². The number of aliphatic hydroxyl groups is 10. The Balaban J connectivity index is 2.00. The number of hydrogen-bond donors (Lipinski definition) is 12. The van der Waals surface area contributed by atoms with Crippen molar-refractivity contribution in [3.63, 3.8) is 0 Å². The smallest absolute Gasteiger partial charge is 0.308 e. The molecular weight excluding hydrogens is 985 g/mol. The molecule has 0 aliphatic carbocycles. The van der Waals surface area contributed by atoms with Gasteiger partial charge in [-0.3, -0.25) is 14.4 Å². The van der Waals surface area contributed by atoms with E-state index in [1.807, 2.05) is 6.92 Å². The van der Waals surface area contributed by atoms with E-state index in [1.165, 1.54) is 13.2 Å². The number of cyclic esters (lactones) is 1. The SMILES string of the molecule is COC[C@@](C=O)(CCC(=O)OC)NC(=O)[C@H]1[C@@H]2CC(O[C@@H]3OC[C@@H](O)[C@H](N)[C@@H]3O)/C=C/C=C/C=C/C=C/C=C/C=C/C=C/[C@H](C)[C@@H](O)C[C@H](C)OC(=O)CC(O)CC(O)CCC(O)C(O)CC(O)CC(O)(C[C@@H]1O)O2. The molecule has 0 aromatic heterocycles. The number of nitrogens with two attached hydrogens (primary N) is 1. The number of nitrogens with one attached hydrogen (secondary N) is 1. The van der Waals surface area contributed by atoms with Crippen LogP contribution in [-0.4, -0.2) is 200 Å². The van der Waals surface area contributed by atoms with Gasteiger partial charge in [-0.1, -0.05) is 92.0 Å². The Morgan fingerprint density at radius 1 is 0.760 bits per heavy atom. The molecule has 18 atom stereocenters. The molecule has 0 spiro atoms. The summed E-state index contributed by atoms with van der Waals surface area (Å²) in [6, 6.07) is -1.19. The van der Waals surface area contributed by atoms with Gasteiger partial charge in [0.2, 0.25) is 5.91 Å². The van der Waals surface area contributed by atoms with Gasteiger partial charge in [-0.25, -0.2) is 0 Å². The topological polar surface area (TPSA) is 364 Å². The molecule has 2 fully saturated rings. The Labute approximate surface area is 438 Å². The fraction of sp³-hybridized carbons (Fsp3) is 0.660. The summed E-state index contributed by atoms with van der Waals surface area (Å²) in [6.07, 6.45) is 3.08. The Hall–Kier alpha value is -4.34. The fourth-order valence-corrected chi connectivity index (χ4v) is 8.82. The van der Waals surface area contributed by atoms with Gasteiger partial charge in [-0.15, -0.1) is 0 Å². The van der Waals surface area contributed by atoms with Crippen LogP contribution in [0.5, 0.6) is 0 Å². The molecule has 13 N–H and O–H groups in total. The number of esters is 2. The number of hydrogen-bond acceptors (Lipinski definition) is 21. The highest BCUT2D eigenvalue weighted by Gasteiger charge is 2.52. The molecule has 3 aliphatic heterocycles. The minimum Gasteiger partial charge on any atom is -0.469 e. The summed E-state index contributed by atoms with van der Waals surface area (Å²) >= 11 is 0. The van der Waals surface area contributed by atoms with Crippen LogP contribution in [0, 0.1) is 11.8 Å². The number of fused-ring (bicyclic) bond motifs is 2. The van der Waals surface area contributed by atoms with Gasteiger partial charge >= 0.3 is 11.9 Å². The number of aldehydes is 1. The number of amides is 1. The highest BCUT2D eigenvalue weighted by Crippen LogP contribution is 2.38. The summed E-state index contributed by atoms with van der Waals surface area (Å²) in [6.45, 7) is 2.71. The number of carbonyl (C=O) groups excluding carboxylic acids is 4. The number of rotatable bonds is 10. The lowest BCUT2D eigenvalue weighted by molar-refractivity contribution is -0.304. The van der Waals surface area contributed by atoms with E-state index in [4.69, 9.17) is 34.2 Å². The third kappa shape index (κ3) is 23.0.